The number of methoxy groups -OCH3 is 1. The highest BCUT2D eigenvalue weighted by atomic mass is 35.5. The van der Waals surface area contributed by atoms with Crippen LogP contribution < -0.4 is 19.6 Å². The van der Waals surface area contributed by atoms with Gasteiger partial charge >= 0.3 is 5.97 Å². The fourth-order valence-electron chi connectivity index (χ4n) is 3.17. The van der Waals surface area contributed by atoms with Crippen molar-refractivity contribution in [2.24, 2.45) is 5.10 Å². The second-order valence-electron chi connectivity index (χ2n) is 7.14. The second kappa shape index (κ2) is 11.5. The Hall–Kier alpha value is -3.88. The summed E-state index contributed by atoms with van der Waals surface area (Å²) in [5, 5.41) is 7.54. The summed E-state index contributed by atoms with van der Waals surface area (Å²) in [6.07, 6.45) is 1.64. The number of aromatic nitrogens is 1. The summed E-state index contributed by atoms with van der Waals surface area (Å²) in [5.74, 6) is 0.637. The smallest absolute Gasteiger partial charge is 0.347 e. The van der Waals surface area contributed by atoms with Crippen LogP contribution in [0.3, 0.4) is 0 Å². The highest BCUT2D eigenvalue weighted by Gasteiger charge is 2.17. The highest BCUT2D eigenvalue weighted by molar-refractivity contribution is 7.14. The predicted molar refractivity (Wildman–Crippen MR) is 139 cm³/mol. The molecule has 0 saturated heterocycles. The third-order valence-corrected chi connectivity index (χ3v) is 5.81. The van der Waals surface area contributed by atoms with Crippen LogP contribution >= 0.6 is 22.9 Å². The summed E-state index contributed by atoms with van der Waals surface area (Å²) in [5.41, 5.74) is 5.83. The lowest BCUT2D eigenvalue weighted by molar-refractivity contribution is 0.0725. The number of ether oxygens (including phenoxy) is 3. The number of carbonyl (C=O) groups excluding carboxylic acids is 1. The Bertz CT molecular complexity index is 1340. The first kappa shape index (κ1) is 24.3. The van der Waals surface area contributed by atoms with Crippen LogP contribution in [-0.4, -0.2) is 30.9 Å². The molecule has 0 aliphatic carbocycles. The molecule has 0 amide bonds. The quantitative estimate of drug-likeness (QED) is 0.120. The normalized spacial score (nSPS) is 10.8. The Balaban J connectivity index is 1.45. The van der Waals surface area contributed by atoms with Crippen molar-refractivity contribution >= 4 is 40.3 Å². The SMILES string of the molecule is CCOc1cc(/C=N\Nc2nc(-c3ccc(Cl)cc3)cs2)ccc1OC(=O)c1ccccc1OC. The summed E-state index contributed by atoms with van der Waals surface area (Å²) in [6, 6.07) is 19.6. The van der Waals surface area contributed by atoms with Crippen LogP contribution in [0.4, 0.5) is 5.13 Å². The van der Waals surface area contributed by atoms with Gasteiger partial charge in [-0.25, -0.2) is 9.78 Å². The molecule has 4 aromatic rings. The molecule has 0 fully saturated rings. The van der Waals surface area contributed by atoms with E-state index in [4.69, 9.17) is 25.8 Å². The average molecular weight is 508 g/mol. The van der Waals surface area contributed by atoms with Crippen LogP contribution in [0.5, 0.6) is 17.2 Å². The van der Waals surface area contributed by atoms with Crippen molar-refractivity contribution in [1.29, 1.82) is 0 Å². The molecule has 0 aliphatic heterocycles. The topological polar surface area (TPSA) is 82.0 Å². The second-order valence-corrected chi connectivity index (χ2v) is 8.44. The molecule has 0 spiro atoms. The molecule has 9 heteroatoms. The molecule has 0 atom stereocenters. The fraction of sp³-hybridized carbons (Fsp3) is 0.115. The third kappa shape index (κ3) is 6.17. The first-order valence-corrected chi connectivity index (χ1v) is 12.0. The molecule has 3 aromatic carbocycles. The minimum atomic E-state index is -0.535. The lowest BCUT2D eigenvalue weighted by Crippen LogP contribution is -2.11. The van der Waals surface area contributed by atoms with Gasteiger partial charge in [-0.15, -0.1) is 11.3 Å². The van der Waals surface area contributed by atoms with Gasteiger partial charge in [0.15, 0.2) is 11.5 Å². The predicted octanol–water partition coefficient (Wildman–Crippen LogP) is 6.54. The number of rotatable bonds is 9. The van der Waals surface area contributed by atoms with Crippen LogP contribution in [0.1, 0.15) is 22.8 Å². The van der Waals surface area contributed by atoms with Gasteiger partial charge in [-0.05, 0) is 55.0 Å². The van der Waals surface area contributed by atoms with Crippen molar-refractivity contribution in [3.05, 3.63) is 88.3 Å². The maximum Gasteiger partial charge on any atom is 0.347 e. The van der Waals surface area contributed by atoms with E-state index in [1.165, 1.54) is 18.4 Å². The summed E-state index contributed by atoms with van der Waals surface area (Å²) in [7, 11) is 1.50. The Labute approximate surface area is 212 Å². The zero-order chi connectivity index (χ0) is 24.6. The van der Waals surface area contributed by atoms with Crippen LogP contribution in [0.2, 0.25) is 5.02 Å². The van der Waals surface area contributed by atoms with E-state index in [2.05, 4.69) is 15.5 Å². The molecular formula is C26H22ClN3O4S. The van der Waals surface area contributed by atoms with E-state index in [1.54, 1.807) is 48.7 Å². The molecular weight excluding hydrogens is 486 g/mol. The molecule has 7 nitrogen and oxygen atoms in total. The van der Waals surface area contributed by atoms with Crippen molar-refractivity contribution in [3.63, 3.8) is 0 Å². The number of nitrogens with one attached hydrogen (secondary N) is 1. The summed E-state index contributed by atoms with van der Waals surface area (Å²) in [4.78, 5) is 17.2. The van der Waals surface area contributed by atoms with Crippen LogP contribution in [0.15, 0.2) is 77.2 Å². The van der Waals surface area contributed by atoms with E-state index in [0.29, 0.717) is 39.6 Å². The zero-order valence-electron chi connectivity index (χ0n) is 19.0. The Morgan fingerprint density at radius 2 is 1.89 bits per heavy atom. The standard InChI is InChI=1S/C26H22ClN3O4S/c1-3-33-24-14-17(8-13-23(24)34-25(31)20-6-4-5-7-22(20)32-2)15-28-30-26-29-21(16-35-26)18-9-11-19(27)12-10-18/h4-16H,3H2,1-2H3,(H,29,30)/b28-15-. The van der Waals surface area contributed by atoms with Gasteiger partial charge in [-0.3, -0.25) is 5.43 Å². The Morgan fingerprint density at radius 3 is 2.66 bits per heavy atom. The third-order valence-electron chi connectivity index (χ3n) is 4.82. The number of hydrogen-bond acceptors (Lipinski definition) is 8. The van der Waals surface area contributed by atoms with Crippen LogP contribution in [0.25, 0.3) is 11.3 Å². The number of nitrogens with zero attached hydrogens (tertiary/aromatic N) is 2. The monoisotopic (exact) mass is 507 g/mol. The van der Waals surface area contributed by atoms with E-state index in [0.717, 1.165) is 16.8 Å². The Kier molecular flexibility index (Phi) is 7.97. The highest BCUT2D eigenvalue weighted by Crippen LogP contribution is 2.30. The fourth-order valence-corrected chi connectivity index (χ4v) is 3.96. The van der Waals surface area contributed by atoms with Crippen molar-refractivity contribution in [2.45, 2.75) is 6.92 Å². The molecule has 0 radical (unpaired) electrons. The summed E-state index contributed by atoms with van der Waals surface area (Å²) >= 11 is 7.39. The van der Waals surface area contributed by atoms with E-state index in [9.17, 15) is 4.79 Å². The number of hydrogen-bond donors (Lipinski definition) is 1. The largest absolute Gasteiger partial charge is 0.496 e. The lowest BCUT2D eigenvalue weighted by Gasteiger charge is -2.12. The number of esters is 1. The zero-order valence-corrected chi connectivity index (χ0v) is 20.6. The average Bonchev–Trinajstić information content (AvgIpc) is 3.35. The molecule has 35 heavy (non-hydrogen) atoms. The van der Waals surface area contributed by atoms with E-state index in [1.807, 2.05) is 36.6 Å². The molecule has 0 unspecified atom stereocenters. The number of carbonyl (C=O) groups is 1. The lowest BCUT2D eigenvalue weighted by atomic mass is 10.2. The van der Waals surface area contributed by atoms with E-state index < -0.39 is 5.97 Å². The van der Waals surface area contributed by atoms with Crippen LogP contribution in [-0.2, 0) is 0 Å². The van der Waals surface area contributed by atoms with Gasteiger partial charge in [-0.1, -0.05) is 35.9 Å². The van der Waals surface area contributed by atoms with Gasteiger partial charge in [-0.2, -0.15) is 5.10 Å². The van der Waals surface area contributed by atoms with Crippen molar-refractivity contribution in [1.82, 2.24) is 4.98 Å². The molecule has 4 rings (SSSR count). The van der Waals surface area contributed by atoms with E-state index in [-0.39, 0.29) is 0 Å². The van der Waals surface area contributed by atoms with Crippen molar-refractivity contribution in [3.8, 4) is 28.5 Å². The van der Waals surface area contributed by atoms with Gasteiger partial charge in [0.1, 0.15) is 11.3 Å². The molecule has 0 bridgehead atoms. The summed E-state index contributed by atoms with van der Waals surface area (Å²) < 4.78 is 16.5. The first-order chi connectivity index (χ1) is 17.1. The minimum absolute atomic E-state index is 0.306. The van der Waals surface area contributed by atoms with Gasteiger partial charge in [0, 0.05) is 16.0 Å². The maximum atomic E-state index is 12.7. The van der Waals surface area contributed by atoms with Gasteiger partial charge in [0.05, 0.1) is 25.6 Å². The number of thiazole rings is 1. The molecule has 1 aromatic heterocycles. The maximum absolute atomic E-state index is 12.7. The van der Waals surface area contributed by atoms with Crippen molar-refractivity contribution in [2.75, 3.05) is 19.1 Å². The van der Waals surface area contributed by atoms with Gasteiger partial charge in [0.25, 0.3) is 0 Å². The number of anilines is 1. The molecule has 0 aliphatic rings. The van der Waals surface area contributed by atoms with Gasteiger partial charge in [0.2, 0.25) is 5.13 Å². The minimum Gasteiger partial charge on any atom is -0.496 e. The number of hydrazone groups is 1. The molecule has 178 valence electrons. The van der Waals surface area contributed by atoms with E-state index >= 15 is 0 Å². The number of benzene rings is 3. The van der Waals surface area contributed by atoms with Gasteiger partial charge < -0.3 is 14.2 Å². The molecule has 1 heterocycles. The summed E-state index contributed by atoms with van der Waals surface area (Å²) in [6.45, 7) is 2.26. The number of para-hydroxylation sites is 1. The van der Waals surface area contributed by atoms with Crippen LogP contribution in [0, 0.1) is 0 Å². The van der Waals surface area contributed by atoms with Crippen molar-refractivity contribution < 1.29 is 19.0 Å². The Morgan fingerprint density at radius 1 is 1.09 bits per heavy atom. The molecule has 1 N–H and O–H groups in total. The molecule has 0 saturated carbocycles. The first-order valence-electron chi connectivity index (χ1n) is 10.7. The number of halogens is 1.